The van der Waals surface area contributed by atoms with E-state index in [2.05, 4.69) is 4.90 Å². The van der Waals surface area contributed by atoms with Crippen LogP contribution in [0.4, 0.5) is 0 Å². The molecular weight excluding hydrogens is 240 g/mol. The van der Waals surface area contributed by atoms with E-state index in [1.807, 2.05) is 7.11 Å². The monoisotopic (exact) mass is 270 g/mol. The molecule has 0 aromatic heterocycles. The standard InChI is InChI=1S/C15H30N2O2/c1-18-14-5-3-13(4-6-14)17-10-7-15(8-11-17)19-12-2-9-16/h13-15H,2-12,16H2,1H3. The molecule has 112 valence electrons. The maximum atomic E-state index is 5.87. The highest BCUT2D eigenvalue weighted by molar-refractivity contribution is 4.83. The minimum Gasteiger partial charge on any atom is -0.381 e. The first-order valence-corrected chi connectivity index (χ1v) is 7.92. The van der Waals surface area contributed by atoms with E-state index in [0.717, 1.165) is 25.6 Å². The Kier molecular flexibility index (Phi) is 6.57. The van der Waals surface area contributed by atoms with Gasteiger partial charge >= 0.3 is 0 Å². The molecule has 0 unspecified atom stereocenters. The maximum Gasteiger partial charge on any atom is 0.0599 e. The smallest absolute Gasteiger partial charge is 0.0599 e. The zero-order valence-corrected chi connectivity index (χ0v) is 12.4. The van der Waals surface area contributed by atoms with Gasteiger partial charge in [0.1, 0.15) is 0 Å². The lowest BCUT2D eigenvalue weighted by atomic mass is 9.90. The summed E-state index contributed by atoms with van der Waals surface area (Å²) in [6, 6.07) is 0.788. The minimum absolute atomic E-state index is 0.470. The topological polar surface area (TPSA) is 47.7 Å². The Hall–Kier alpha value is -0.160. The average Bonchev–Trinajstić information content (AvgIpc) is 2.48. The molecule has 0 atom stereocenters. The van der Waals surface area contributed by atoms with Crippen molar-refractivity contribution in [3.05, 3.63) is 0 Å². The lowest BCUT2D eigenvalue weighted by Crippen LogP contribution is -2.45. The number of likely N-dealkylation sites (tertiary alicyclic amines) is 1. The molecule has 0 spiro atoms. The number of methoxy groups -OCH3 is 1. The van der Waals surface area contributed by atoms with E-state index in [9.17, 15) is 0 Å². The van der Waals surface area contributed by atoms with Gasteiger partial charge in [0.05, 0.1) is 12.2 Å². The third-order valence-electron chi connectivity index (χ3n) is 4.67. The quantitative estimate of drug-likeness (QED) is 0.747. The highest BCUT2D eigenvalue weighted by atomic mass is 16.5. The molecule has 4 heteroatoms. The fraction of sp³-hybridized carbons (Fsp3) is 1.00. The summed E-state index contributed by atoms with van der Waals surface area (Å²) in [6.45, 7) is 3.98. The van der Waals surface area contributed by atoms with Gasteiger partial charge in [-0.15, -0.1) is 0 Å². The van der Waals surface area contributed by atoms with Crippen molar-refractivity contribution in [3.63, 3.8) is 0 Å². The number of rotatable bonds is 6. The van der Waals surface area contributed by atoms with Gasteiger partial charge in [0.2, 0.25) is 0 Å². The Labute approximate surface area is 117 Å². The van der Waals surface area contributed by atoms with E-state index in [0.29, 0.717) is 12.2 Å². The second kappa shape index (κ2) is 8.20. The van der Waals surface area contributed by atoms with Gasteiger partial charge in [-0.2, -0.15) is 0 Å². The van der Waals surface area contributed by atoms with Crippen LogP contribution in [0, 0.1) is 0 Å². The fourth-order valence-corrected chi connectivity index (χ4v) is 3.39. The molecule has 1 aliphatic heterocycles. The third kappa shape index (κ3) is 4.71. The molecule has 4 nitrogen and oxygen atoms in total. The molecule has 1 heterocycles. The largest absolute Gasteiger partial charge is 0.381 e. The van der Waals surface area contributed by atoms with Crippen molar-refractivity contribution < 1.29 is 9.47 Å². The number of piperidine rings is 1. The number of nitrogens with zero attached hydrogens (tertiary/aromatic N) is 1. The lowest BCUT2D eigenvalue weighted by Gasteiger charge is -2.40. The molecule has 1 aliphatic carbocycles. The SMILES string of the molecule is COC1CCC(N2CCC(OCCCN)CC2)CC1. The molecule has 1 saturated heterocycles. The molecule has 2 fully saturated rings. The predicted octanol–water partition coefficient (Wildman–Crippen LogP) is 1.77. The first-order valence-electron chi connectivity index (χ1n) is 7.92. The Morgan fingerprint density at radius 1 is 1.00 bits per heavy atom. The van der Waals surface area contributed by atoms with Crippen molar-refractivity contribution in [2.75, 3.05) is 33.4 Å². The molecule has 2 rings (SSSR count). The number of nitrogens with two attached hydrogens (primary N) is 1. The fourth-order valence-electron chi connectivity index (χ4n) is 3.39. The van der Waals surface area contributed by atoms with Crippen LogP contribution in [0.3, 0.4) is 0 Å². The molecule has 1 saturated carbocycles. The highest BCUT2D eigenvalue weighted by Gasteiger charge is 2.28. The molecule has 0 amide bonds. The molecule has 2 N–H and O–H groups in total. The summed E-state index contributed by atoms with van der Waals surface area (Å²) in [6.07, 6.45) is 9.41. The lowest BCUT2D eigenvalue weighted by molar-refractivity contribution is -0.0163. The van der Waals surface area contributed by atoms with E-state index < -0.39 is 0 Å². The summed E-state index contributed by atoms with van der Waals surface area (Å²) in [4.78, 5) is 2.68. The van der Waals surface area contributed by atoms with Crippen LogP contribution >= 0.6 is 0 Å². The summed E-state index contributed by atoms with van der Waals surface area (Å²) >= 11 is 0. The van der Waals surface area contributed by atoms with Crippen molar-refractivity contribution in [2.45, 2.75) is 63.2 Å². The molecule has 0 aromatic carbocycles. The van der Waals surface area contributed by atoms with Gasteiger partial charge in [0, 0.05) is 32.8 Å². The second-order valence-corrected chi connectivity index (χ2v) is 5.91. The Morgan fingerprint density at radius 2 is 1.68 bits per heavy atom. The van der Waals surface area contributed by atoms with Crippen LogP contribution in [0.2, 0.25) is 0 Å². The van der Waals surface area contributed by atoms with Crippen molar-refractivity contribution >= 4 is 0 Å². The van der Waals surface area contributed by atoms with Crippen molar-refractivity contribution in [3.8, 4) is 0 Å². The summed E-state index contributed by atoms with van der Waals surface area (Å²) in [5.74, 6) is 0. The highest BCUT2D eigenvalue weighted by Crippen LogP contribution is 2.27. The molecule has 2 aliphatic rings. The van der Waals surface area contributed by atoms with Crippen LogP contribution in [0.5, 0.6) is 0 Å². The Bertz CT molecular complexity index is 234. The average molecular weight is 270 g/mol. The number of ether oxygens (including phenoxy) is 2. The van der Waals surface area contributed by atoms with Crippen LogP contribution in [-0.4, -0.2) is 56.5 Å². The van der Waals surface area contributed by atoms with Crippen LogP contribution < -0.4 is 5.73 Å². The summed E-state index contributed by atoms with van der Waals surface area (Å²) < 4.78 is 11.3. The predicted molar refractivity (Wildman–Crippen MR) is 77.3 cm³/mol. The van der Waals surface area contributed by atoms with Gasteiger partial charge < -0.3 is 20.1 Å². The Balaban J connectivity index is 1.63. The number of hydrogen-bond donors (Lipinski definition) is 1. The van der Waals surface area contributed by atoms with Gasteiger partial charge in [-0.1, -0.05) is 0 Å². The molecule has 0 radical (unpaired) electrons. The van der Waals surface area contributed by atoms with Gasteiger partial charge in [0.15, 0.2) is 0 Å². The zero-order valence-electron chi connectivity index (χ0n) is 12.4. The van der Waals surface area contributed by atoms with E-state index in [1.165, 1.54) is 51.6 Å². The molecular formula is C15H30N2O2. The van der Waals surface area contributed by atoms with Crippen LogP contribution in [0.15, 0.2) is 0 Å². The van der Waals surface area contributed by atoms with Crippen LogP contribution in [-0.2, 0) is 9.47 Å². The first kappa shape index (κ1) is 15.2. The van der Waals surface area contributed by atoms with Gasteiger partial charge in [-0.25, -0.2) is 0 Å². The third-order valence-corrected chi connectivity index (χ3v) is 4.67. The number of hydrogen-bond acceptors (Lipinski definition) is 4. The van der Waals surface area contributed by atoms with E-state index in [-0.39, 0.29) is 0 Å². The molecule has 0 aromatic rings. The van der Waals surface area contributed by atoms with Crippen molar-refractivity contribution in [1.82, 2.24) is 4.90 Å². The van der Waals surface area contributed by atoms with Gasteiger partial charge in [-0.3, -0.25) is 0 Å². The zero-order chi connectivity index (χ0) is 13.5. The van der Waals surface area contributed by atoms with Gasteiger partial charge in [0.25, 0.3) is 0 Å². The normalized spacial score (nSPS) is 30.6. The van der Waals surface area contributed by atoms with Crippen LogP contribution in [0.25, 0.3) is 0 Å². The van der Waals surface area contributed by atoms with Crippen molar-refractivity contribution in [1.29, 1.82) is 0 Å². The van der Waals surface area contributed by atoms with Gasteiger partial charge in [-0.05, 0) is 51.5 Å². The summed E-state index contributed by atoms with van der Waals surface area (Å²) in [5.41, 5.74) is 5.49. The molecule has 19 heavy (non-hydrogen) atoms. The summed E-state index contributed by atoms with van der Waals surface area (Å²) in [5, 5.41) is 0. The first-order chi connectivity index (χ1) is 9.33. The van der Waals surface area contributed by atoms with Crippen molar-refractivity contribution in [2.24, 2.45) is 5.73 Å². The Morgan fingerprint density at radius 3 is 2.26 bits per heavy atom. The second-order valence-electron chi connectivity index (χ2n) is 5.91. The van der Waals surface area contributed by atoms with E-state index in [4.69, 9.17) is 15.2 Å². The summed E-state index contributed by atoms with van der Waals surface area (Å²) in [7, 11) is 1.84. The maximum absolute atomic E-state index is 5.87. The van der Waals surface area contributed by atoms with Crippen LogP contribution in [0.1, 0.15) is 44.9 Å². The minimum atomic E-state index is 0.470. The molecule has 0 bridgehead atoms. The van der Waals surface area contributed by atoms with E-state index in [1.54, 1.807) is 0 Å². The van der Waals surface area contributed by atoms with E-state index >= 15 is 0 Å².